The Hall–Kier alpha value is -4.45. The van der Waals surface area contributed by atoms with Gasteiger partial charge in [0.2, 0.25) is 12.7 Å². The lowest BCUT2D eigenvalue weighted by Crippen LogP contribution is -2.55. The van der Waals surface area contributed by atoms with Gasteiger partial charge in [0, 0.05) is 47.4 Å². The predicted molar refractivity (Wildman–Crippen MR) is 129 cm³/mol. The predicted octanol–water partition coefficient (Wildman–Crippen LogP) is 1.16. The highest BCUT2D eigenvalue weighted by molar-refractivity contribution is 7.90. The van der Waals surface area contributed by atoms with E-state index in [1.165, 1.54) is 29.2 Å². The number of nitroso groups, excluding NO2 is 1. The molecule has 0 saturated carbocycles. The van der Waals surface area contributed by atoms with Gasteiger partial charge in [-0.3, -0.25) is 4.79 Å². The second kappa shape index (κ2) is 10.4. The number of sulfonamides is 1. The van der Waals surface area contributed by atoms with E-state index < -0.39 is 28.0 Å². The zero-order valence-corrected chi connectivity index (χ0v) is 19.9. The molecule has 0 bridgehead atoms. The molecule has 0 aliphatic carbocycles. The van der Waals surface area contributed by atoms with Crippen LogP contribution in [0, 0.1) is 4.91 Å². The third kappa shape index (κ3) is 5.61. The van der Waals surface area contributed by atoms with Crippen LogP contribution in [0.1, 0.15) is 5.56 Å². The summed E-state index contributed by atoms with van der Waals surface area (Å²) < 4.78 is 37.8. The van der Waals surface area contributed by atoms with Crippen molar-refractivity contribution in [2.45, 2.75) is 17.4 Å². The first-order valence-corrected chi connectivity index (χ1v) is 12.3. The molecule has 0 aromatic heterocycles. The van der Waals surface area contributed by atoms with Crippen LogP contribution in [0.4, 0.5) is 16.2 Å². The normalized spacial score (nSPS) is 12.9. The Bertz CT molecular complexity index is 1380. The standard InChI is InChI=1S/C24H22N4O7S/c1-28(18-9-12-21-22(14-18)35-15-34-21)23(29)20(13-16-5-3-2-4-6-16)25-24(30)27-36(32,33)19-10-7-17(26-31)8-11-19/h2-12,14,20H,13,15H2,1H3,(H2,25,27,30)/p+1/t20-/m0/s1. The lowest BCUT2D eigenvalue weighted by molar-refractivity contribution is -0.379. The summed E-state index contributed by atoms with van der Waals surface area (Å²) >= 11 is 0. The monoisotopic (exact) mass is 511 g/mol. The molecule has 3 amide bonds. The van der Waals surface area contributed by atoms with Crippen molar-refractivity contribution < 1.29 is 32.7 Å². The fraction of sp³-hybridized carbons (Fsp3) is 0.167. The van der Waals surface area contributed by atoms with E-state index in [-0.39, 0.29) is 23.8 Å². The van der Waals surface area contributed by atoms with E-state index in [9.17, 15) is 22.9 Å². The molecule has 186 valence electrons. The molecule has 3 aromatic rings. The number of benzene rings is 3. The molecule has 0 fully saturated rings. The fourth-order valence-electron chi connectivity index (χ4n) is 3.58. The summed E-state index contributed by atoms with van der Waals surface area (Å²) in [7, 11) is -2.71. The van der Waals surface area contributed by atoms with Crippen LogP contribution in [-0.4, -0.2) is 40.2 Å². The number of urea groups is 1. The van der Waals surface area contributed by atoms with Gasteiger partial charge < -0.3 is 19.7 Å². The zero-order valence-electron chi connectivity index (χ0n) is 19.1. The third-order valence-corrected chi connectivity index (χ3v) is 6.82. The molecule has 0 radical (unpaired) electrons. The SMILES string of the molecule is CN(C(=O)[C@H](Cc1ccccc1)NC(=O)NS(=O)(=O)c1ccc([NH+]=O)cc1)c1ccc2c(c1)OCO2. The van der Waals surface area contributed by atoms with E-state index >= 15 is 0 Å². The Morgan fingerprint density at radius 2 is 1.69 bits per heavy atom. The number of carbonyl (C=O) groups excluding carboxylic acids is 2. The maximum Gasteiger partial charge on any atom is 0.329 e. The van der Waals surface area contributed by atoms with E-state index in [4.69, 9.17) is 9.47 Å². The quantitative estimate of drug-likeness (QED) is 0.411. The number of hydrogen-bond acceptors (Lipinski definition) is 7. The molecule has 1 atom stereocenters. The Labute approximate surface area is 207 Å². The lowest BCUT2D eigenvalue weighted by Gasteiger charge is -2.25. The van der Waals surface area contributed by atoms with Gasteiger partial charge in [0.25, 0.3) is 15.7 Å². The van der Waals surface area contributed by atoms with Gasteiger partial charge in [0.05, 0.1) is 4.90 Å². The number of amides is 3. The van der Waals surface area contributed by atoms with Crippen molar-refractivity contribution in [3.05, 3.63) is 83.3 Å². The van der Waals surface area contributed by atoms with E-state index in [0.717, 1.165) is 5.56 Å². The summed E-state index contributed by atoms with van der Waals surface area (Å²) in [6, 6.07) is 16.7. The Morgan fingerprint density at radius 3 is 2.39 bits per heavy atom. The molecule has 1 aliphatic heterocycles. The second-order valence-corrected chi connectivity index (χ2v) is 9.56. The van der Waals surface area contributed by atoms with E-state index in [1.807, 2.05) is 10.8 Å². The molecule has 11 nitrogen and oxygen atoms in total. The van der Waals surface area contributed by atoms with Crippen molar-refractivity contribution in [1.82, 2.24) is 10.0 Å². The molecule has 1 aliphatic rings. The summed E-state index contributed by atoms with van der Waals surface area (Å²) in [5, 5.41) is 4.12. The molecular weight excluding hydrogens is 488 g/mol. The minimum atomic E-state index is -4.26. The van der Waals surface area contributed by atoms with Crippen molar-refractivity contribution >= 4 is 33.3 Å². The van der Waals surface area contributed by atoms with Crippen molar-refractivity contribution in [2.24, 2.45) is 0 Å². The molecule has 12 heteroatoms. The van der Waals surface area contributed by atoms with Crippen LogP contribution in [-0.2, 0) is 21.2 Å². The number of ether oxygens (including phenoxy) is 2. The number of likely N-dealkylation sites (N-methyl/N-ethyl adjacent to an activating group) is 1. The zero-order chi connectivity index (χ0) is 25.7. The molecule has 3 N–H and O–H groups in total. The highest BCUT2D eigenvalue weighted by Crippen LogP contribution is 2.35. The van der Waals surface area contributed by atoms with Gasteiger partial charge in [0.15, 0.2) is 11.5 Å². The van der Waals surface area contributed by atoms with Crippen LogP contribution in [0.15, 0.2) is 77.7 Å². The fourth-order valence-corrected chi connectivity index (χ4v) is 4.49. The summed E-state index contributed by atoms with van der Waals surface area (Å²) in [5.41, 5.74) is 1.43. The van der Waals surface area contributed by atoms with Gasteiger partial charge in [-0.25, -0.2) is 17.9 Å². The van der Waals surface area contributed by atoms with E-state index in [0.29, 0.717) is 17.2 Å². The topological polar surface area (TPSA) is 145 Å². The molecule has 0 unspecified atom stereocenters. The first-order valence-electron chi connectivity index (χ1n) is 10.8. The molecule has 0 saturated heterocycles. The number of nitrogens with zero attached hydrogens (tertiary/aromatic N) is 1. The smallest absolute Gasteiger partial charge is 0.329 e. The van der Waals surface area contributed by atoms with Crippen LogP contribution in [0.2, 0.25) is 0 Å². The Balaban J connectivity index is 1.53. The van der Waals surface area contributed by atoms with Crippen LogP contribution >= 0.6 is 0 Å². The van der Waals surface area contributed by atoms with E-state index in [1.54, 1.807) is 54.7 Å². The summed E-state index contributed by atoms with van der Waals surface area (Å²) in [6.45, 7) is 0.0827. The average molecular weight is 512 g/mol. The first kappa shape index (κ1) is 24.7. The number of nitrogens with one attached hydrogen (secondary N) is 3. The molecule has 4 rings (SSSR count). The van der Waals surface area contributed by atoms with Crippen molar-refractivity contribution in [2.75, 3.05) is 18.7 Å². The first-order chi connectivity index (χ1) is 17.3. The van der Waals surface area contributed by atoms with Crippen LogP contribution in [0.25, 0.3) is 0 Å². The van der Waals surface area contributed by atoms with Crippen LogP contribution in [0.3, 0.4) is 0 Å². The van der Waals surface area contributed by atoms with E-state index in [2.05, 4.69) is 5.32 Å². The number of anilines is 1. The van der Waals surface area contributed by atoms with Gasteiger partial charge in [-0.15, -0.1) is 0 Å². The minimum absolute atomic E-state index is 0.0827. The molecule has 36 heavy (non-hydrogen) atoms. The van der Waals surface area contributed by atoms with Gasteiger partial charge in [-0.05, 0) is 29.8 Å². The van der Waals surface area contributed by atoms with Crippen LogP contribution < -0.4 is 29.6 Å². The molecular formula is C24H23N4O7S+. The largest absolute Gasteiger partial charge is 0.454 e. The third-order valence-electron chi connectivity index (χ3n) is 5.47. The maximum absolute atomic E-state index is 13.4. The molecule has 3 aromatic carbocycles. The number of fused-ring (bicyclic) bond motifs is 1. The summed E-state index contributed by atoms with van der Waals surface area (Å²) in [4.78, 5) is 37.9. The summed E-state index contributed by atoms with van der Waals surface area (Å²) in [6.07, 6.45) is 0.117. The lowest BCUT2D eigenvalue weighted by atomic mass is 10.0. The average Bonchev–Trinajstić information content (AvgIpc) is 3.36. The van der Waals surface area contributed by atoms with Crippen molar-refractivity contribution in [3.63, 3.8) is 0 Å². The highest BCUT2D eigenvalue weighted by atomic mass is 32.2. The number of hydrogen-bond donors (Lipinski definition) is 3. The number of carbonyl (C=O) groups is 2. The van der Waals surface area contributed by atoms with Crippen LogP contribution in [0.5, 0.6) is 11.5 Å². The van der Waals surface area contributed by atoms with Crippen molar-refractivity contribution in [3.8, 4) is 11.5 Å². The summed E-state index contributed by atoms with van der Waals surface area (Å²) in [5.74, 6) is 0.570. The highest BCUT2D eigenvalue weighted by Gasteiger charge is 2.28. The van der Waals surface area contributed by atoms with Gasteiger partial charge in [0.1, 0.15) is 6.04 Å². The van der Waals surface area contributed by atoms with Gasteiger partial charge in [-0.2, -0.15) is 0 Å². The maximum atomic E-state index is 13.4. The van der Waals surface area contributed by atoms with Gasteiger partial charge >= 0.3 is 6.03 Å². The van der Waals surface area contributed by atoms with Gasteiger partial charge in [-0.1, -0.05) is 30.3 Å². The molecule has 1 heterocycles. The number of rotatable bonds is 8. The van der Waals surface area contributed by atoms with Crippen molar-refractivity contribution in [1.29, 1.82) is 0 Å². The molecule has 0 spiro atoms. The Morgan fingerprint density at radius 1 is 1.00 bits per heavy atom. The Kier molecular flexibility index (Phi) is 7.15. The minimum Gasteiger partial charge on any atom is -0.454 e. The second-order valence-electron chi connectivity index (χ2n) is 7.88.